The molecule has 22 heavy (non-hydrogen) atoms. The number of azo groups is 1. The molecule has 0 aliphatic carbocycles. The van der Waals surface area contributed by atoms with Crippen LogP contribution in [-0.2, 0) is 9.53 Å². The third-order valence-electron chi connectivity index (χ3n) is 3.42. The molecule has 0 fully saturated rings. The van der Waals surface area contributed by atoms with Crippen LogP contribution in [0.2, 0.25) is 0 Å². The number of benzene rings is 1. The Morgan fingerprint density at radius 1 is 1.23 bits per heavy atom. The van der Waals surface area contributed by atoms with Crippen molar-refractivity contribution in [1.82, 2.24) is 0 Å². The number of halogens is 1. The summed E-state index contributed by atoms with van der Waals surface area (Å²) in [6.07, 6.45) is 2.68. The maximum Gasteiger partial charge on any atom is 0.337 e. The molecule has 0 spiro atoms. The Balaban J connectivity index is 0.00000242. The van der Waals surface area contributed by atoms with Gasteiger partial charge < -0.3 is 4.74 Å². The largest absolute Gasteiger partial charge is 0.463 e. The van der Waals surface area contributed by atoms with E-state index in [1.54, 1.807) is 0 Å². The molecule has 2 unspecified atom stereocenters. The Kier molecular flexibility index (Phi) is 8.09. The summed E-state index contributed by atoms with van der Waals surface area (Å²) in [6, 6.07) is 9.77. The van der Waals surface area contributed by atoms with Gasteiger partial charge in [0.1, 0.15) is 11.4 Å². The molecule has 4 nitrogen and oxygen atoms in total. The van der Waals surface area contributed by atoms with Crippen molar-refractivity contribution in [3.63, 3.8) is 0 Å². The summed E-state index contributed by atoms with van der Waals surface area (Å²) >= 11 is 1.51. The highest BCUT2D eigenvalue weighted by Crippen LogP contribution is 2.39. The van der Waals surface area contributed by atoms with E-state index in [4.69, 9.17) is 4.74 Å². The molecular weight excluding hydrogens is 411 g/mol. The van der Waals surface area contributed by atoms with Gasteiger partial charge in [0.15, 0.2) is 0 Å². The predicted molar refractivity (Wildman–Crippen MR) is 101 cm³/mol. The highest BCUT2D eigenvalue weighted by atomic mass is 127. The average Bonchev–Trinajstić information content (AvgIpc) is 2.54. The Morgan fingerprint density at radius 2 is 1.91 bits per heavy atom. The van der Waals surface area contributed by atoms with Gasteiger partial charge in [-0.1, -0.05) is 37.3 Å². The molecule has 1 heterocycles. The molecule has 1 aromatic rings. The zero-order valence-electron chi connectivity index (χ0n) is 13.0. The molecule has 1 aliphatic rings. The van der Waals surface area contributed by atoms with Gasteiger partial charge in [-0.15, -0.1) is 35.7 Å². The number of ether oxygens (including phenoxy) is 1. The smallest absolute Gasteiger partial charge is 0.337 e. The Morgan fingerprint density at radius 3 is 2.45 bits per heavy atom. The quantitative estimate of drug-likeness (QED) is 0.498. The zero-order valence-corrected chi connectivity index (χ0v) is 16.1. The van der Waals surface area contributed by atoms with Crippen LogP contribution in [0, 0.1) is 0 Å². The van der Waals surface area contributed by atoms with Crippen molar-refractivity contribution < 1.29 is 9.53 Å². The van der Waals surface area contributed by atoms with Crippen LogP contribution in [0.4, 0.5) is 0 Å². The molecule has 0 aromatic heterocycles. The van der Waals surface area contributed by atoms with Crippen LogP contribution in [0.5, 0.6) is 0 Å². The highest BCUT2D eigenvalue weighted by molar-refractivity contribution is 14.0. The summed E-state index contributed by atoms with van der Waals surface area (Å²) in [5, 5.41) is 8.49. The molecule has 0 radical (unpaired) electrons. The summed E-state index contributed by atoms with van der Waals surface area (Å²) in [6.45, 7) is 4.23. The lowest BCUT2D eigenvalue weighted by Gasteiger charge is -2.26. The number of esters is 1. The first-order valence-electron chi connectivity index (χ1n) is 7.10. The molecule has 1 aliphatic heterocycles. The molecule has 0 saturated carbocycles. The SMILES string of the molecule is CCOC(=O)C1=C(CC)C(c2ccccc2)N=NC1SC.I. The van der Waals surface area contributed by atoms with Crippen LogP contribution in [0.15, 0.2) is 51.7 Å². The van der Waals surface area contributed by atoms with Gasteiger partial charge in [0.05, 0.1) is 12.2 Å². The lowest BCUT2D eigenvalue weighted by molar-refractivity contribution is -0.138. The lowest BCUT2D eigenvalue weighted by atomic mass is 9.92. The van der Waals surface area contributed by atoms with Crippen molar-refractivity contribution in [2.75, 3.05) is 12.9 Å². The molecule has 0 bridgehead atoms. The van der Waals surface area contributed by atoms with Crippen molar-refractivity contribution in [3.05, 3.63) is 47.0 Å². The van der Waals surface area contributed by atoms with Crippen LogP contribution in [-0.4, -0.2) is 24.2 Å². The first-order chi connectivity index (χ1) is 10.2. The molecule has 2 rings (SSSR count). The molecule has 1 aromatic carbocycles. The van der Waals surface area contributed by atoms with Crippen molar-refractivity contribution in [2.45, 2.75) is 31.7 Å². The minimum Gasteiger partial charge on any atom is -0.463 e. The molecule has 0 N–H and O–H groups in total. The Bertz CT molecular complexity index is 561. The van der Waals surface area contributed by atoms with Crippen LogP contribution >= 0.6 is 35.7 Å². The average molecular weight is 432 g/mol. The monoisotopic (exact) mass is 432 g/mol. The second-order valence-electron chi connectivity index (χ2n) is 4.65. The third kappa shape index (κ3) is 4.10. The number of hydrogen-bond donors (Lipinski definition) is 0. The van der Waals surface area contributed by atoms with Gasteiger partial charge in [0, 0.05) is 0 Å². The van der Waals surface area contributed by atoms with Gasteiger partial charge in [-0.25, -0.2) is 4.79 Å². The van der Waals surface area contributed by atoms with Crippen molar-refractivity contribution in [2.24, 2.45) is 10.2 Å². The fraction of sp³-hybridized carbons (Fsp3) is 0.438. The van der Waals surface area contributed by atoms with E-state index in [1.165, 1.54) is 11.8 Å². The number of rotatable bonds is 5. The molecule has 0 amide bonds. The molecular formula is C16H21IN2O2S. The van der Waals surface area contributed by atoms with E-state index in [2.05, 4.69) is 10.2 Å². The van der Waals surface area contributed by atoms with E-state index >= 15 is 0 Å². The maximum absolute atomic E-state index is 12.3. The normalized spacial score (nSPS) is 20.5. The summed E-state index contributed by atoms with van der Waals surface area (Å²) in [7, 11) is 0. The number of nitrogens with zero attached hydrogens (tertiary/aromatic N) is 2. The lowest BCUT2D eigenvalue weighted by Crippen LogP contribution is -2.23. The van der Waals surface area contributed by atoms with E-state index in [-0.39, 0.29) is 41.4 Å². The topological polar surface area (TPSA) is 51.0 Å². The second-order valence-corrected chi connectivity index (χ2v) is 5.56. The maximum atomic E-state index is 12.3. The fourth-order valence-corrected chi connectivity index (χ4v) is 3.09. The van der Waals surface area contributed by atoms with E-state index in [0.29, 0.717) is 12.2 Å². The summed E-state index contributed by atoms with van der Waals surface area (Å²) in [5.74, 6) is -0.270. The van der Waals surface area contributed by atoms with Crippen LogP contribution in [0.3, 0.4) is 0 Å². The van der Waals surface area contributed by atoms with E-state index in [0.717, 1.165) is 17.6 Å². The van der Waals surface area contributed by atoms with Gasteiger partial charge >= 0.3 is 5.97 Å². The number of thioether (sulfide) groups is 1. The van der Waals surface area contributed by atoms with E-state index in [9.17, 15) is 4.79 Å². The van der Waals surface area contributed by atoms with E-state index in [1.807, 2.05) is 50.4 Å². The summed E-state index contributed by atoms with van der Waals surface area (Å²) in [5.41, 5.74) is 2.73. The van der Waals surface area contributed by atoms with Gasteiger partial charge in [-0.05, 0) is 30.7 Å². The fourth-order valence-electron chi connectivity index (χ4n) is 2.45. The standard InChI is InChI=1S/C16H20N2O2S.HI/c1-4-12-13(16(19)20-5-2)15(21-3)18-17-14(12)11-9-7-6-8-10-11;/h6-10,14-15H,4-5H2,1-3H3;1H. The van der Waals surface area contributed by atoms with Crippen molar-refractivity contribution in [1.29, 1.82) is 0 Å². The van der Waals surface area contributed by atoms with Gasteiger partial charge in [0.2, 0.25) is 0 Å². The van der Waals surface area contributed by atoms with Crippen LogP contribution < -0.4 is 0 Å². The van der Waals surface area contributed by atoms with Crippen LogP contribution in [0.1, 0.15) is 31.9 Å². The van der Waals surface area contributed by atoms with Gasteiger partial charge in [0.25, 0.3) is 0 Å². The van der Waals surface area contributed by atoms with Gasteiger partial charge in [-0.2, -0.15) is 10.2 Å². The summed E-state index contributed by atoms with van der Waals surface area (Å²) in [4.78, 5) is 12.3. The Hall–Kier alpha value is -0.890. The molecule has 6 heteroatoms. The number of carbonyl (C=O) groups is 1. The first kappa shape index (κ1) is 19.2. The predicted octanol–water partition coefficient (Wildman–Crippen LogP) is 4.77. The molecule has 0 saturated heterocycles. The molecule has 120 valence electrons. The summed E-state index contributed by atoms with van der Waals surface area (Å²) < 4.78 is 5.22. The number of carbonyl (C=O) groups excluding carboxylic acids is 1. The van der Waals surface area contributed by atoms with Crippen LogP contribution in [0.25, 0.3) is 0 Å². The third-order valence-corrected chi connectivity index (χ3v) is 4.20. The first-order valence-corrected chi connectivity index (χ1v) is 8.39. The number of hydrogen-bond acceptors (Lipinski definition) is 5. The van der Waals surface area contributed by atoms with E-state index < -0.39 is 0 Å². The molecule has 2 atom stereocenters. The van der Waals surface area contributed by atoms with Crippen molar-refractivity contribution >= 4 is 41.7 Å². The zero-order chi connectivity index (χ0) is 15.2. The van der Waals surface area contributed by atoms with Gasteiger partial charge in [-0.3, -0.25) is 0 Å². The minimum absolute atomic E-state index is 0. The Labute approximate surface area is 152 Å². The highest BCUT2D eigenvalue weighted by Gasteiger charge is 2.32. The van der Waals surface area contributed by atoms with Crippen molar-refractivity contribution in [3.8, 4) is 0 Å². The minimum atomic E-state index is -0.270. The second kappa shape index (κ2) is 9.29.